The number of fused-ring (bicyclic) bond motifs is 1. The molecule has 130 valence electrons. The van der Waals surface area contributed by atoms with Crippen LogP contribution in [0.3, 0.4) is 0 Å². The van der Waals surface area contributed by atoms with Gasteiger partial charge in [-0.1, -0.05) is 30.9 Å². The summed E-state index contributed by atoms with van der Waals surface area (Å²) in [5.41, 5.74) is 0.656. The summed E-state index contributed by atoms with van der Waals surface area (Å²) in [5, 5.41) is 1.36. The molecular weight excluding hydrogens is 342 g/mol. The smallest absolute Gasteiger partial charge is 0.355 e. The number of hydrogen-bond donors (Lipinski definition) is 0. The summed E-state index contributed by atoms with van der Waals surface area (Å²) >= 11 is 1.35. The average Bonchev–Trinajstić information content (AvgIpc) is 2.99. The molecular formula is C18H17NO5S. The Bertz CT molecular complexity index is 745. The molecule has 0 aromatic heterocycles. The molecule has 0 saturated carbocycles. The molecule has 0 radical (unpaired) electrons. The Morgan fingerprint density at radius 1 is 1.32 bits per heavy atom. The molecule has 3 atom stereocenters. The van der Waals surface area contributed by atoms with Crippen molar-refractivity contribution in [2.45, 2.75) is 18.4 Å². The maximum absolute atomic E-state index is 12.4. The highest BCUT2D eigenvalue weighted by atomic mass is 32.2. The van der Waals surface area contributed by atoms with Crippen molar-refractivity contribution in [1.29, 1.82) is 0 Å². The minimum atomic E-state index is -0.592. The van der Waals surface area contributed by atoms with E-state index in [2.05, 4.69) is 6.58 Å². The maximum atomic E-state index is 12.4. The highest BCUT2D eigenvalue weighted by Crippen LogP contribution is 2.46. The summed E-state index contributed by atoms with van der Waals surface area (Å²) in [6.07, 6.45) is 0.870. The molecule has 2 aliphatic heterocycles. The Hall–Kier alpha value is -2.54. The van der Waals surface area contributed by atoms with Gasteiger partial charge in [-0.3, -0.25) is 9.69 Å². The minimum Gasteiger partial charge on any atom is -0.458 e. The normalized spacial score (nSPS) is 22.4. The topological polar surface area (TPSA) is 72.9 Å². The van der Waals surface area contributed by atoms with E-state index in [1.165, 1.54) is 22.7 Å². The van der Waals surface area contributed by atoms with Crippen molar-refractivity contribution in [3.8, 4) is 0 Å². The molecule has 7 heteroatoms. The zero-order valence-electron chi connectivity index (χ0n) is 13.6. The van der Waals surface area contributed by atoms with Crippen LogP contribution in [0.5, 0.6) is 0 Å². The number of amides is 1. The first-order chi connectivity index (χ1) is 12.0. The van der Waals surface area contributed by atoms with Gasteiger partial charge in [-0.05, 0) is 19.1 Å². The van der Waals surface area contributed by atoms with Crippen molar-refractivity contribution < 1.29 is 23.9 Å². The molecule has 2 heterocycles. The van der Waals surface area contributed by atoms with Crippen molar-refractivity contribution in [2.24, 2.45) is 5.92 Å². The Balaban J connectivity index is 1.61. The molecule has 25 heavy (non-hydrogen) atoms. The Labute approximate surface area is 149 Å². The van der Waals surface area contributed by atoms with Crippen molar-refractivity contribution in [3.05, 3.63) is 59.7 Å². The fraction of sp³-hybridized carbons (Fsp3) is 0.278. The van der Waals surface area contributed by atoms with E-state index in [4.69, 9.17) is 9.47 Å². The van der Waals surface area contributed by atoms with Gasteiger partial charge < -0.3 is 9.47 Å². The fourth-order valence-electron chi connectivity index (χ4n) is 2.75. The summed E-state index contributed by atoms with van der Waals surface area (Å²) in [6.45, 7) is 5.25. The monoisotopic (exact) mass is 359 g/mol. The molecule has 3 rings (SSSR count). The second-order valence-electron chi connectivity index (χ2n) is 5.63. The number of hydrogen-bond acceptors (Lipinski definition) is 6. The quantitative estimate of drug-likeness (QED) is 0.441. The molecule has 1 unspecified atom stereocenters. The highest BCUT2D eigenvalue weighted by molar-refractivity contribution is 8.03. The van der Waals surface area contributed by atoms with Crippen LogP contribution in [0, 0.1) is 5.92 Å². The number of esters is 2. The first kappa shape index (κ1) is 17.3. The van der Waals surface area contributed by atoms with Gasteiger partial charge in [-0.15, -0.1) is 11.8 Å². The third-order valence-electron chi connectivity index (χ3n) is 4.01. The summed E-state index contributed by atoms with van der Waals surface area (Å²) in [6, 6.07) is 8.61. The van der Waals surface area contributed by atoms with Crippen LogP contribution >= 0.6 is 11.8 Å². The Morgan fingerprint density at radius 2 is 2.04 bits per heavy atom. The number of carbonyl (C=O) groups excluding carboxylic acids is 3. The molecule has 0 aliphatic carbocycles. The lowest BCUT2D eigenvalue weighted by molar-refractivity contribution is -0.158. The van der Waals surface area contributed by atoms with E-state index in [0.717, 1.165) is 0 Å². The average molecular weight is 359 g/mol. The van der Waals surface area contributed by atoms with Crippen LogP contribution in [0.15, 0.2) is 54.1 Å². The van der Waals surface area contributed by atoms with Gasteiger partial charge in [0.25, 0.3) is 0 Å². The summed E-state index contributed by atoms with van der Waals surface area (Å²) in [4.78, 5) is 37.9. The van der Waals surface area contributed by atoms with Gasteiger partial charge in [0, 0.05) is 5.41 Å². The largest absolute Gasteiger partial charge is 0.458 e. The van der Waals surface area contributed by atoms with E-state index in [0.29, 0.717) is 5.56 Å². The standard InChI is InChI=1S/C18H17NO5S/c1-3-9-23-18(22)13-10-25-16-14(15(20)19(13)16)11(2)24-17(21)12-7-5-4-6-8-12/h3-8,10-11,14,16H,1,9H2,2H3/t11?,14-,16-/m0/s1. The number of carbonyl (C=O) groups is 3. The first-order valence-electron chi connectivity index (χ1n) is 7.77. The van der Waals surface area contributed by atoms with Crippen LogP contribution in [0.2, 0.25) is 0 Å². The molecule has 1 aromatic rings. The molecule has 6 nitrogen and oxygen atoms in total. The van der Waals surface area contributed by atoms with E-state index in [1.54, 1.807) is 42.7 Å². The zero-order valence-corrected chi connectivity index (χ0v) is 14.4. The molecule has 0 spiro atoms. The van der Waals surface area contributed by atoms with Crippen LogP contribution in [0.25, 0.3) is 0 Å². The van der Waals surface area contributed by atoms with E-state index >= 15 is 0 Å². The van der Waals surface area contributed by atoms with E-state index in [1.807, 2.05) is 0 Å². The number of nitrogens with zero attached hydrogens (tertiary/aromatic N) is 1. The minimum absolute atomic E-state index is 0.0854. The predicted octanol–water partition coefficient (Wildman–Crippen LogP) is 2.33. The second-order valence-corrected chi connectivity index (χ2v) is 6.62. The van der Waals surface area contributed by atoms with Crippen LogP contribution in [0.1, 0.15) is 17.3 Å². The van der Waals surface area contributed by atoms with Gasteiger partial charge in [-0.2, -0.15) is 0 Å². The Morgan fingerprint density at radius 3 is 2.72 bits per heavy atom. The first-order valence-corrected chi connectivity index (χ1v) is 8.71. The van der Waals surface area contributed by atoms with Gasteiger partial charge in [-0.25, -0.2) is 9.59 Å². The number of ether oxygens (including phenoxy) is 2. The zero-order chi connectivity index (χ0) is 18.0. The summed E-state index contributed by atoms with van der Waals surface area (Å²) in [7, 11) is 0. The van der Waals surface area contributed by atoms with Gasteiger partial charge in [0.1, 0.15) is 29.7 Å². The van der Waals surface area contributed by atoms with Gasteiger partial charge in [0.05, 0.1) is 5.56 Å². The van der Waals surface area contributed by atoms with Crippen LogP contribution in [-0.4, -0.2) is 40.8 Å². The van der Waals surface area contributed by atoms with Crippen molar-refractivity contribution in [1.82, 2.24) is 4.90 Å². The summed E-state index contributed by atoms with van der Waals surface area (Å²) in [5.74, 6) is -1.76. The van der Waals surface area contributed by atoms with Gasteiger partial charge in [0.15, 0.2) is 0 Å². The molecule has 0 bridgehead atoms. The van der Waals surface area contributed by atoms with E-state index in [-0.39, 0.29) is 23.6 Å². The third kappa shape index (κ3) is 3.19. The molecule has 1 aromatic carbocycles. The van der Waals surface area contributed by atoms with Crippen molar-refractivity contribution in [3.63, 3.8) is 0 Å². The Kier molecular flexibility index (Phi) is 4.94. The second kappa shape index (κ2) is 7.14. The lowest BCUT2D eigenvalue weighted by atomic mass is 9.92. The SMILES string of the molecule is C=CCOC(=O)C1=CS[C@H]2[C@@H](C(C)OC(=O)c3ccccc3)C(=O)N12. The lowest BCUT2D eigenvalue weighted by Crippen LogP contribution is -2.61. The van der Waals surface area contributed by atoms with Crippen LogP contribution in [0.4, 0.5) is 0 Å². The number of rotatable bonds is 6. The van der Waals surface area contributed by atoms with Crippen molar-refractivity contribution >= 4 is 29.6 Å². The molecule has 0 N–H and O–H groups in total. The van der Waals surface area contributed by atoms with Gasteiger partial charge >= 0.3 is 11.9 Å². The lowest BCUT2D eigenvalue weighted by Gasteiger charge is -2.44. The van der Waals surface area contributed by atoms with E-state index < -0.39 is 24.0 Å². The molecule has 1 saturated heterocycles. The van der Waals surface area contributed by atoms with Crippen LogP contribution in [-0.2, 0) is 19.1 Å². The predicted molar refractivity (Wildman–Crippen MR) is 92.3 cm³/mol. The highest BCUT2D eigenvalue weighted by Gasteiger charge is 2.56. The maximum Gasteiger partial charge on any atom is 0.355 e. The number of β-lactam (4-membered cyclic amide) rings is 1. The summed E-state index contributed by atoms with van der Waals surface area (Å²) < 4.78 is 10.4. The number of benzene rings is 1. The fourth-order valence-corrected chi connectivity index (χ4v) is 4.08. The number of thioether (sulfide) groups is 1. The molecule has 2 aliphatic rings. The van der Waals surface area contributed by atoms with Gasteiger partial charge in [0.2, 0.25) is 5.91 Å². The van der Waals surface area contributed by atoms with Crippen LogP contribution < -0.4 is 0 Å². The molecule has 1 fully saturated rings. The van der Waals surface area contributed by atoms with E-state index in [9.17, 15) is 14.4 Å². The third-order valence-corrected chi connectivity index (χ3v) is 5.15. The van der Waals surface area contributed by atoms with Crippen molar-refractivity contribution in [2.75, 3.05) is 6.61 Å². The molecule has 1 amide bonds.